The van der Waals surface area contributed by atoms with Crippen molar-refractivity contribution in [2.45, 2.75) is 70.6 Å². The summed E-state index contributed by atoms with van der Waals surface area (Å²) in [7, 11) is 0. The van der Waals surface area contributed by atoms with Gasteiger partial charge in [-0.1, -0.05) is 0 Å². The van der Waals surface area contributed by atoms with Crippen LogP contribution in [0.1, 0.15) is 52.9 Å². The zero-order chi connectivity index (χ0) is 14.1. The molecular weight excluding hydrogens is 256 g/mol. The first kappa shape index (κ1) is 16.8. The minimum Gasteiger partial charge on any atom is -0.377 e. The predicted octanol–water partition coefficient (Wildman–Crippen LogP) is 3.35. The third-order valence-electron chi connectivity index (χ3n) is 3.40. The molecule has 1 aliphatic rings. The van der Waals surface area contributed by atoms with Crippen molar-refractivity contribution in [1.29, 1.82) is 5.26 Å². The molecule has 1 heterocycles. The maximum Gasteiger partial charge on any atom is 0.104 e. The number of thioether (sulfide) groups is 1. The van der Waals surface area contributed by atoms with Gasteiger partial charge in [-0.15, -0.1) is 0 Å². The number of ether oxygens (including phenoxy) is 1. The summed E-state index contributed by atoms with van der Waals surface area (Å²) in [6.45, 7) is 7.14. The van der Waals surface area contributed by atoms with Crippen molar-refractivity contribution in [3.63, 3.8) is 0 Å². The summed E-state index contributed by atoms with van der Waals surface area (Å²) in [4.78, 5) is 0. The maximum absolute atomic E-state index is 9.25. The summed E-state index contributed by atoms with van der Waals surface area (Å²) in [6, 6.07) is 2.77. The normalized spacial score (nSPS) is 22.4. The molecule has 19 heavy (non-hydrogen) atoms. The number of rotatable bonds is 9. The molecular formula is C15H28N2OS. The van der Waals surface area contributed by atoms with Gasteiger partial charge in [0.1, 0.15) is 5.54 Å². The minimum atomic E-state index is -0.368. The van der Waals surface area contributed by atoms with Gasteiger partial charge in [-0.05, 0) is 58.6 Å². The Hall–Kier alpha value is -0.240. The number of nitrogens with zero attached hydrogens (tertiary/aromatic N) is 1. The quantitative estimate of drug-likeness (QED) is 0.660. The van der Waals surface area contributed by atoms with Crippen molar-refractivity contribution >= 4 is 11.8 Å². The van der Waals surface area contributed by atoms with Crippen LogP contribution in [0.25, 0.3) is 0 Å². The van der Waals surface area contributed by atoms with E-state index in [-0.39, 0.29) is 5.54 Å². The molecule has 0 aromatic carbocycles. The number of hydrogen-bond acceptors (Lipinski definition) is 4. The maximum atomic E-state index is 9.25. The molecule has 1 N–H and O–H groups in total. The number of nitriles is 1. The van der Waals surface area contributed by atoms with Gasteiger partial charge in [-0.25, -0.2) is 0 Å². The van der Waals surface area contributed by atoms with E-state index in [0.717, 1.165) is 25.2 Å². The molecule has 1 rings (SSSR count). The highest BCUT2D eigenvalue weighted by molar-refractivity contribution is 7.99. The molecule has 4 heteroatoms. The van der Waals surface area contributed by atoms with Crippen LogP contribution in [-0.4, -0.2) is 35.8 Å². The summed E-state index contributed by atoms with van der Waals surface area (Å²) in [5.41, 5.74) is -0.368. The smallest absolute Gasteiger partial charge is 0.104 e. The molecule has 1 fully saturated rings. The van der Waals surface area contributed by atoms with E-state index < -0.39 is 0 Å². The molecule has 0 aromatic rings. The fraction of sp³-hybridized carbons (Fsp3) is 0.933. The summed E-state index contributed by atoms with van der Waals surface area (Å²) in [5.74, 6) is 2.32. The Morgan fingerprint density at radius 1 is 1.47 bits per heavy atom. The molecule has 0 aliphatic carbocycles. The van der Waals surface area contributed by atoms with Gasteiger partial charge in [-0.2, -0.15) is 17.0 Å². The molecule has 2 atom stereocenters. The van der Waals surface area contributed by atoms with E-state index in [0.29, 0.717) is 12.1 Å². The van der Waals surface area contributed by atoms with Crippen LogP contribution in [0.2, 0.25) is 0 Å². The van der Waals surface area contributed by atoms with Crippen molar-refractivity contribution in [3.05, 3.63) is 0 Å². The molecule has 0 bridgehead atoms. The van der Waals surface area contributed by atoms with Crippen molar-refractivity contribution < 1.29 is 4.74 Å². The Kier molecular flexibility index (Phi) is 7.82. The number of hydrogen-bond donors (Lipinski definition) is 1. The van der Waals surface area contributed by atoms with Gasteiger partial charge < -0.3 is 4.74 Å². The highest BCUT2D eigenvalue weighted by Crippen LogP contribution is 2.19. The van der Waals surface area contributed by atoms with E-state index >= 15 is 0 Å². The Morgan fingerprint density at radius 2 is 2.26 bits per heavy atom. The van der Waals surface area contributed by atoms with E-state index in [9.17, 15) is 5.26 Å². The lowest BCUT2D eigenvalue weighted by atomic mass is 9.96. The van der Waals surface area contributed by atoms with Gasteiger partial charge in [0.25, 0.3) is 0 Å². The van der Waals surface area contributed by atoms with E-state index in [2.05, 4.69) is 25.2 Å². The van der Waals surface area contributed by atoms with Crippen LogP contribution in [0.4, 0.5) is 0 Å². The zero-order valence-electron chi connectivity index (χ0n) is 12.6. The highest BCUT2D eigenvalue weighted by atomic mass is 32.2. The van der Waals surface area contributed by atoms with Gasteiger partial charge in [0.05, 0.1) is 12.2 Å². The zero-order valence-corrected chi connectivity index (χ0v) is 13.4. The first-order chi connectivity index (χ1) is 9.06. The lowest BCUT2D eigenvalue weighted by Crippen LogP contribution is -2.44. The van der Waals surface area contributed by atoms with Gasteiger partial charge in [0.2, 0.25) is 0 Å². The SMILES string of the molecule is CC(C)NC(C)(C#N)CCCCSCC1CCCO1. The predicted molar refractivity (Wildman–Crippen MR) is 82.4 cm³/mol. The van der Waals surface area contributed by atoms with Gasteiger partial charge in [0, 0.05) is 18.4 Å². The first-order valence-corrected chi connectivity index (χ1v) is 8.59. The molecule has 0 amide bonds. The summed E-state index contributed by atoms with van der Waals surface area (Å²) < 4.78 is 5.60. The van der Waals surface area contributed by atoms with Crippen molar-refractivity contribution in [2.24, 2.45) is 0 Å². The Morgan fingerprint density at radius 3 is 2.84 bits per heavy atom. The van der Waals surface area contributed by atoms with E-state index in [1.807, 2.05) is 18.7 Å². The fourth-order valence-corrected chi connectivity index (χ4v) is 3.57. The van der Waals surface area contributed by atoms with E-state index in [1.54, 1.807) is 0 Å². The molecule has 0 radical (unpaired) electrons. The molecule has 3 nitrogen and oxygen atoms in total. The van der Waals surface area contributed by atoms with Crippen LogP contribution in [0.3, 0.4) is 0 Å². The lowest BCUT2D eigenvalue weighted by Gasteiger charge is -2.25. The van der Waals surface area contributed by atoms with Crippen molar-refractivity contribution in [1.82, 2.24) is 5.32 Å². The van der Waals surface area contributed by atoms with Crippen LogP contribution in [0, 0.1) is 11.3 Å². The second-order valence-electron chi connectivity index (χ2n) is 5.91. The minimum absolute atomic E-state index is 0.360. The summed E-state index contributed by atoms with van der Waals surface area (Å²) in [5, 5.41) is 12.6. The Balaban J connectivity index is 2.04. The number of nitrogens with one attached hydrogen (secondary N) is 1. The van der Waals surface area contributed by atoms with Gasteiger partial charge >= 0.3 is 0 Å². The molecule has 1 aliphatic heterocycles. The van der Waals surface area contributed by atoms with Crippen LogP contribution in [0.5, 0.6) is 0 Å². The lowest BCUT2D eigenvalue weighted by molar-refractivity contribution is 0.129. The Labute approximate surface area is 122 Å². The second kappa shape index (κ2) is 8.84. The molecule has 2 unspecified atom stereocenters. The standard InChI is InChI=1S/C15H28N2OS/c1-13(2)17-15(3,12-16)8-4-5-10-19-11-14-7-6-9-18-14/h13-14,17H,4-11H2,1-3H3. The average Bonchev–Trinajstić information content (AvgIpc) is 2.86. The van der Waals surface area contributed by atoms with E-state index in [4.69, 9.17) is 4.74 Å². The molecule has 110 valence electrons. The fourth-order valence-electron chi connectivity index (χ4n) is 2.47. The van der Waals surface area contributed by atoms with Gasteiger partial charge in [0.15, 0.2) is 0 Å². The third-order valence-corrected chi connectivity index (χ3v) is 4.58. The van der Waals surface area contributed by atoms with Crippen LogP contribution in [0.15, 0.2) is 0 Å². The molecule has 0 aromatic heterocycles. The largest absolute Gasteiger partial charge is 0.377 e. The molecule has 0 spiro atoms. The van der Waals surface area contributed by atoms with Crippen LogP contribution < -0.4 is 5.32 Å². The topological polar surface area (TPSA) is 45.0 Å². The summed E-state index contributed by atoms with van der Waals surface area (Å²) >= 11 is 1.99. The van der Waals surface area contributed by atoms with E-state index in [1.165, 1.54) is 25.0 Å². The van der Waals surface area contributed by atoms with Crippen molar-refractivity contribution in [3.8, 4) is 6.07 Å². The molecule has 1 saturated heterocycles. The number of unbranched alkanes of at least 4 members (excludes halogenated alkanes) is 1. The third kappa shape index (κ3) is 7.20. The second-order valence-corrected chi connectivity index (χ2v) is 7.06. The van der Waals surface area contributed by atoms with Gasteiger partial charge in [-0.3, -0.25) is 5.32 Å². The van der Waals surface area contributed by atoms with Crippen molar-refractivity contribution in [2.75, 3.05) is 18.1 Å². The monoisotopic (exact) mass is 284 g/mol. The Bertz CT molecular complexity index is 284. The first-order valence-electron chi connectivity index (χ1n) is 7.44. The molecule has 0 saturated carbocycles. The summed E-state index contributed by atoms with van der Waals surface area (Å²) in [6.07, 6.45) is 6.19. The van der Waals surface area contributed by atoms with Crippen LogP contribution >= 0.6 is 11.8 Å². The van der Waals surface area contributed by atoms with Crippen LogP contribution in [-0.2, 0) is 4.74 Å². The highest BCUT2D eigenvalue weighted by Gasteiger charge is 2.23. The average molecular weight is 284 g/mol.